The lowest BCUT2D eigenvalue weighted by Gasteiger charge is -2.26. The number of rotatable bonds is 18. The van der Waals surface area contributed by atoms with Gasteiger partial charge in [-0.05, 0) is 265 Å². The van der Waals surface area contributed by atoms with Crippen LogP contribution in [0.5, 0.6) is 0 Å². The number of para-hydroxylation sites is 12. The molecule has 0 unspecified atom stereocenters. The average molecular weight is 1640 g/mol. The second-order valence-electron chi connectivity index (χ2n) is 32.4. The maximum atomic E-state index is 2.37. The predicted molar refractivity (Wildman–Crippen MR) is 540 cm³/mol. The van der Waals surface area contributed by atoms with Gasteiger partial charge in [-0.2, -0.15) is 0 Å². The molecule has 8 nitrogen and oxygen atoms in total. The molecule has 0 bridgehead atoms. The lowest BCUT2D eigenvalue weighted by molar-refractivity contribution is 1.18. The Hall–Kier alpha value is -17.2. The number of nitrogens with zero attached hydrogens (tertiary/aromatic N) is 8. The van der Waals surface area contributed by atoms with Crippen LogP contribution in [0.15, 0.2) is 510 Å². The molecule has 20 aromatic carbocycles. The van der Waals surface area contributed by atoms with Crippen molar-refractivity contribution in [2.24, 2.45) is 0 Å². The molecule has 604 valence electrons. The minimum absolute atomic E-state index is 1.09. The maximum Gasteiger partial charge on any atom is 0.0542 e. The summed E-state index contributed by atoms with van der Waals surface area (Å²) in [5.74, 6) is 0. The van der Waals surface area contributed by atoms with Crippen LogP contribution >= 0.6 is 0 Å². The van der Waals surface area contributed by atoms with E-state index >= 15 is 0 Å². The van der Waals surface area contributed by atoms with Crippen LogP contribution in [0.1, 0.15) is 0 Å². The topological polar surface area (TPSA) is 32.7 Å². The van der Waals surface area contributed by atoms with Crippen LogP contribution < -0.4 is 19.6 Å². The van der Waals surface area contributed by atoms with Crippen LogP contribution in [0.3, 0.4) is 0 Å². The number of anilines is 12. The van der Waals surface area contributed by atoms with Crippen molar-refractivity contribution in [3.8, 4) is 45.0 Å². The Balaban J connectivity index is 0.000000146. The molecule has 0 fully saturated rings. The van der Waals surface area contributed by atoms with Crippen molar-refractivity contribution >= 4 is 155 Å². The van der Waals surface area contributed by atoms with Gasteiger partial charge >= 0.3 is 0 Å². The number of aromatic nitrogens is 4. The molecular weight excluding hydrogens is 1550 g/mol. The normalized spacial score (nSPS) is 11.4. The van der Waals surface area contributed by atoms with Crippen molar-refractivity contribution in [1.29, 1.82) is 0 Å². The first-order valence-corrected chi connectivity index (χ1v) is 43.7. The Morgan fingerprint density at radius 2 is 0.258 bits per heavy atom. The molecule has 0 saturated carbocycles. The molecule has 4 heterocycles. The molecule has 24 aromatic rings. The number of benzene rings is 20. The Morgan fingerprint density at radius 3 is 0.453 bits per heavy atom. The van der Waals surface area contributed by atoms with Crippen LogP contribution in [0.4, 0.5) is 68.2 Å². The van der Waals surface area contributed by atoms with Gasteiger partial charge in [0.2, 0.25) is 0 Å². The fourth-order valence-electron chi connectivity index (χ4n) is 19.1. The third kappa shape index (κ3) is 13.8. The average Bonchev–Trinajstić information content (AvgIpc) is 1.60. The summed E-state index contributed by atoms with van der Waals surface area (Å²) in [6.07, 6.45) is 0. The molecule has 4 aromatic heterocycles. The minimum atomic E-state index is 1.09. The standard InChI is InChI=1S/2C60H42N4/c2*1-5-17-45(18-6-1)61(51-37-39-59-55(41-51)53-25-13-15-27-57(53)63(59)47-21-9-3-10-22-47)49-33-29-43(30-34-49)44-31-35-50(36-32-44)62(46-19-7-2-8-20-46)52-38-40-60-56(42-52)54-26-14-16-28-58(54)64(60)48-23-11-4-12-24-48/h2*1-42H. The monoisotopic (exact) mass is 1640 g/mol. The second-order valence-corrected chi connectivity index (χ2v) is 32.4. The predicted octanol–water partition coefficient (Wildman–Crippen LogP) is 33.0. The third-order valence-corrected chi connectivity index (χ3v) is 24.9. The molecule has 128 heavy (non-hydrogen) atoms. The molecule has 0 aliphatic rings. The van der Waals surface area contributed by atoms with E-state index in [1.165, 1.54) is 87.2 Å². The van der Waals surface area contributed by atoms with Crippen molar-refractivity contribution in [3.05, 3.63) is 510 Å². The number of hydrogen-bond acceptors (Lipinski definition) is 4. The highest BCUT2D eigenvalue weighted by Gasteiger charge is 2.25. The molecule has 0 saturated heterocycles. The van der Waals surface area contributed by atoms with Crippen molar-refractivity contribution < 1.29 is 0 Å². The summed E-state index contributed by atoms with van der Waals surface area (Å²) in [5, 5.41) is 9.82. The van der Waals surface area contributed by atoms with Crippen LogP contribution in [0, 0.1) is 0 Å². The Labute approximate surface area is 742 Å². The summed E-state index contributed by atoms with van der Waals surface area (Å²) in [5.41, 5.74) is 32.0. The van der Waals surface area contributed by atoms with Gasteiger partial charge in [0.25, 0.3) is 0 Å². The van der Waals surface area contributed by atoms with E-state index in [4.69, 9.17) is 0 Å². The lowest BCUT2D eigenvalue weighted by Crippen LogP contribution is -2.10. The zero-order valence-corrected chi connectivity index (χ0v) is 70.1. The largest absolute Gasteiger partial charge is 0.310 e. The molecule has 0 spiro atoms. The van der Waals surface area contributed by atoms with E-state index in [0.29, 0.717) is 0 Å². The quantitative estimate of drug-likeness (QED) is 0.0857. The van der Waals surface area contributed by atoms with Gasteiger partial charge in [0.05, 0.1) is 44.1 Å². The van der Waals surface area contributed by atoms with Crippen LogP contribution in [0.25, 0.3) is 132 Å². The highest BCUT2D eigenvalue weighted by atomic mass is 15.2. The Morgan fingerprint density at radius 1 is 0.109 bits per heavy atom. The van der Waals surface area contributed by atoms with Gasteiger partial charge in [0.1, 0.15) is 0 Å². The van der Waals surface area contributed by atoms with Crippen molar-refractivity contribution in [2.75, 3.05) is 19.6 Å². The van der Waals surface area contributed by atoms with Crippen LogP contribution in [0.2, 0.25) is 0 Å². The van der Waals surface area contributed by atoms with Gasteiger partial charge in [-0.3, -0.25) is 0 Å². The van der Waals surface area contributed by atoms with E-state index in [1.54, 1.807) is 0 Å². The fourth-order valence-corrected chi connectivity index (χ4v) is 19.1. The zero-order chi connectivity index (χ0) is 84.8. The summed E-state index contributed by atoms with van der Waals surface area (Å²) in [6.45, 7) is 0. The number of fused-ring (bicyclic) bond motifs is 12. The Kier molecular flexibility index (Phi) is 19.5. The molecule has 0 aliphatic heterocycles. The van der Waals surface area contributed by atoms with Gasteiger partial charge in [-0.25, -0.2) is 0 Å². The summed E-state index contributed by atoms with van der Waals surface area (Å²) in [7, 11) is 0. The molecule has 24 rings (SSSR count). The van der Waals surface area contributed by atoms with Gasteiger partial charge in [-0.1, -0.05) is 267 Å². The molecule has 8 heteroatoms. The number of hydrogen-bond donors (Lipinski definition) is 0. The smallest absolute Gasteiger partial charge is 0.0542 e. The molecular formula is C120H84N8. The molecule has 0 aliphatic carbocycles. The van der Waals surface area contributed by atoms with Gasteiger partial charge in [0, 0.05) is 134 Å². The third-order valence-electron chi connectivity index (χ3n) is 24.9. The summed E-state index contributed by atoms with van der Waals surface area (Å²) in [4.78, 5) is 9.42. The summed E-state index contributed by atoms with van der Waals surface area (Å²) in [6, 6.07) is 183. The van der Waals surface area contributed by atoms with Crippen molar-refractivity contribution in [1.82, 2.24) is 18.3 Å². The lowest BCUT2D eigenvalue weighted by atomic mass is 10.0. The molecule has 0 amide bonds. The van der Waals surface area contributed by atoms with E-state index in [9.17, 15) is 0 Å². The molecule has 0 N–H and O–H groups in total. The van der Waals surface area contributed by atoms with E-state index in [0.717, 1.165) is 113 Å². The molecule has 0 atom stereocenters. The van der Waals surface area contributed by atoms with Crippen molar-refractivity contribution in [2.45, 2.75) is 0 Å². The van der Waals surface area contributed by atoms with E-state index in [2.05, 4.69) is 547 Å². The second kappa shape index (κ2) is 32.9. The van der Waals surface area contributed by atoms with Crippen molar-refractivity contribution in [3.63, 3.8) is 0 Å². The van der Waals surface area contributed by atoms with E-state index in [1.807, 2.05) is 0 Å². The van der Waals surface area contributed by atoms with E-state index in [-0.39, 0.29) is 0 Å². The maximum absolute atomic E-state index is 2.37. The highest BCUT2D eigenvalue weighted by Crippen LogP contribution is 2.47. The first-order chi connectivity index (χ1) is 63.5. The summed E-state index contributed by atoms with van der Waals surface area (Å²) >= 11 is 0. The SMILES string of the molecule is c1ccc(N(c2ccc(-c3ccc(N(c4ccccc4)c4ccc5c(c4)c4ccccc4n5-c4ccccc4)cc3)cc2)c2ccc3c(c2)c2ccccc2n3-c2ccccc2)cc1.c1ccc(N(c2ccc(-c3ccc(N(c4ccccc4)c4ccc5c(c4)c4ccccc4n5-c4ccccc4)cc3)cc2)c2ccc3c(c2)c2ccccc2n3-c2ccccc2)cc1. The Bertz CT molecular complexity index is 7150. The van der Waals surface area contributed by atoms with E-state index < -0.39 is 0 Å². The minimum Gasteiger partial charge on any atom is -0.310 e. The van der Waals surface area contributed by atoms with Crippen LogP contribution in [-0.2, 0) is 0 Å². The van der Waals surface area contributed by atoms with Gasteiger partial charge in [0.15, 0.2) is 0 Å². The zero-order valence-electron chi connectivity index (χ0n) is 70.1. The fraction of sp³-hybridized carbons (Fsp3) is 0. The first-order valence-electron chi connectivity index (χ1n) is 43.7. The van der Waals surface area contributed by atoms with Gasteiger partial charge in [-0.15, -0.1) is 0 Å². The first kappa shape index (κ1) is 75.7. The molecule has 0 radical (unpaired) electrons. The van der Waals surface area contributed by atoms with Crippen LogP contribution in [-0.4, -0.2) is 18.3 Å². The summed E-state index contributed by atoms with van der Waals surface area (Å²) < 4.78 is 9.46. The van der Waals surface area contributed by atoms with Gasteiger partial charge < -0.3 is 37.9 Å². The highest BCUT2D eigenvalue weighted by molar-refractivity contribution is 6.15.